The summed E-state index contributed by atoms with van der Waals surface area (Å²) in [4.78, 5) is 25.3. The van der Waals surface area contributed by atoms with Crippen molar-refractivity contribution in [3.63, 3.8) is 0 Å². The van der Waals surface area contributed by atoms with Gasteiger partial charge in [-0.05, 0) is 30.5 Å². The maximum atomic E-state index is 12.9. The summed E-state index contributed by atoms with van der Waals surface area (Å²) < 4.78 is 40.7. The lowest BCUT2D eigenvalue weighted by molar-refractivity contribution is -0.137. The van der Waals surface area contributed by atoms with E-state index in [1.165, 1.54) is 18.3 Å². The molecule has 160 valence electrons. The first-order chi connectivity index (χ1) is 14.0. The van der Waals surface area contributed by atoms with Gasteiger partial charge in [0.1, 0.15) is 6.54 Å². The number of benzene rings is 1. The van der Waals surface area contributed by atoms with Crippen LogP contribution in [-0.2, 0) is 24.6 Å². The fourth-order valence-electron chi connectivity index (χ4n) is 3.22. The number of carbonyl (C=O) groups excluding carboxylic acids is 1. The molecule has 0 bridgehead atoms. The number of alkyl halides is 3. The van der Waals surface area contributed by atoms with Crippen molar-refractivity contribution in [1.82, 2.24) is 24.9 Å². The molecule has 0 aliphatic carbocycles. The average molecular weight is 421 g/mol. The lowest BCUT2D eigenvalue weighted by atomic mass is 10.1. The lowest BCUT2D eigenvalue weighted by Gasteiger charge is -2.16. The lowest BCUT2D eigenvalue weighted by Crippen LogP contribution is -2.35. The van der Waals surface area contributed by atoms with Crippen LogP contribution in [0.25, 0.3) is 10.9 Å². The Bertz CT molecular complexity index is 1130. The zero-order chi connectivity index (χ0) is 22.2. The minimum atomic E-state index is -4.42. The van der Waals surface area contributed by atoms with Gasteiger partial charge in [0.25, 0.3) is 5.56 Å². The van der Waals surface area contributed by atoms with Crippen molar-refractivity contribution in [3.8, 4) is 0 Å². The van der Waals surface area contributed by atoms with Crippen LogP contribution in [0.1, 0.15) is 49.6 Å². The number of aromatic nitrogens is 4. The van der Waals surface area contributed by atoms with Crippen LogP contribution in [0.5, 0.6) is 0 Å². The van der Waals surface area contributed by atoms with Crippen LogP contribution in [0.3, 0.4) is 0 Å². The molecule has 2 heterocycles. The molecule has 1 aromatic carbocycles. The van der Waals surface area contributed by atoms with Gasteiger partial charge in [0, 0.05) is 7.05 Å². The predicted octanol–water partition coefficient (Wildman–Crippen LogP) is 3.15. The quantitative estimate of drug-likeness (QED) is 0.686. The largest absolute Gasteiger partial charge is 0.416 e. The summed E-state index contributed by atoms with van der Waals surface area (Å²) in [5.41, 5.74) is 0.556. The summed E-state index contributed by atoms with van der Waals surface area (Å²) in [6.45, 7) is 5.18. The van der Waals surface area contributed by atoms with Crippen LogP contribution in [0.15, 0.2) is 35.3 Å². The molecule has 1 amide bonds. The molecule has 0 aliphatic rings. The number of nitrogens with one attached hydrogen (secondary N) is 1. The van der Waals surface area contributed by atoms with E-state index in [4.69, 9.17) is 0 Å². The van der Waals surface area contributed by atoms with Crippen LogP contribution >= 0.6 is 0 Å². The van der Waals surface area contributed by atoms with E-state index in [1.54, 1.807) is 18.7 Å². The van der Waals surface area contributed by atoms with Crippen molar-refractivity contribution in [2.45, 2.75) is 45.5 Å². The second-order valence-electron chi connectivity index (χ2n) is 7.44. The van der Waals surface area contributed by atoms with Gasteiger partial charge in [-0.1, -0.05) is 26.0 Å². The Balaban J connectivity index is 1.77. The first kappa shape index (κ1) is 21.5. The maximum Gasteiger partial charge on any atom is 0.416 e. The fraction of sp³-hybridized carbons (Fsp3) is 0.400. The summed E-state index contributed by atoms with van der Waals surface area (Å²) in [6, 6.07) is 4.02. The highest BCUT2D eigenvalue weighted by Gasteiger charge is 2.30. The summed E-state index contributed by atoms with van der Waals surface area (Å²) in [6.07, 6.45) is -2.93. The third-order valence-electron chi connectivity index (χ3n) is 4.84. The van der Waals surface area contributed by atoms with Crippen molar-refractivity contribution in [3.05, 3.63) is 57.6 Å². The molecular weight excluding hydrogens is 399 g/mol. The van der Waals surface area contributed by atoms with E-state index in [2.05, 4.69) is 15.5 Å². The van der Waals surface area contributed by atoms with E-state index in [0.29, 0.717) is 22.2 Å². The molecule has 2 aromatic heterocycles. The van der Waals surface area contributed by atoms with Gasteiger partial charge in [-0.25, -0.2) is 4.68 Å². The molecule has 0 saturated carbocycles. The van der Waals surface area contributed by atoms with Crippen molar-refractivity contribution in [1.29, 1.82) is 0 Å². The molecule has 30 heavy (non-hydrogen) atoms. The fourth-order valence-corrected chi connectivity index (χ4v) is 3.22. The molecule has 1 unspecified atom stereocenters. The molecular formula is C20H22F3N5O2. The topological polar surface area (TPSA) is 81.8 Å². The van der Waals surface area contributed by atoms with Gasteiger partial charge in [0.2, 0.25) is 5.91 Å². The highest BCUT2D eigenvalue weighted by atomic mass is 19.4. The third kappa shape index (κ3) is 4.22. The van der Waals surface area contributed by atoms with Crippen molar-refractivity contribution in [2.75, 3.05) is 0 Å². The highest BCUT2D eigenvalue weighted by Crippen LogP contribution is 2.29. The number of carbonyl (C=O) groups is 1. The Labute approximate surface area is 170 Å². The SMILES string of the molecule is CC(C)c1nn(C)c2cnn(CC(=O)NC(C)c3ccc(C(F)(F)F)cc3)c(=O)c12. The van der Waals surface area contributed by atoms with Gasteiger partial charge in [-0.2, -0.15) is 23.4 Å². The number of aryl methyl sites for hydroxylation is 1. The summed E-state index contributed by atoms with van der Waals surface area (Å²) in [5, 5.41) is 11.5. The molecule has 3 aromatic rings. The van der Waals surface area contributed by atoms with Crippen LogP contribution in [0, 0.1) is 0 Å². The number of nitrogens with zero attached hydrogens (tertiary/aromatic N) is 4. The van der Waals surface area contributed by atoms with Crippen LogP contribution < -0.4 is 10.9 Å². The average Bonchev–Trinajstić information content (AvgIpc) is 3.01. The van der Waals surface area contributed by atoms with Gasteiger partial charge in [0.05, 0.1) is 34.4 Å². The summed E-state index contributed by atoms with van der Waals surface area (Å²) in [5.74, 6) is -0.461. The molecule has 0 saturated heterocycles. The molecule has 7 nitrogen and oxygen atoms in total. The van der Waals surface area contributed by atoms with E-state index in [1.807, 2.05) is 13.8 Å². The molecule has 0 fully saturated rings. The second-order valence-corrected chi connectivity index (χ2v) is 7.44. The van der Waals surface area contributed by atoms with Gasteiger partial charge >= 0.3 is 6.18 Å². The van der Waals surface area contributed by atoms with Crippen LogP contribution in [0.4, 0.5) is 13.2 Å². The number of fused-ring (bicyclic) bond motifs is 1. The van der Waals surface area contributed by atoms with Crippen LogP contribution in [-0.4, -0.2) is 25.5 Å². The number of hydrogen-bond acceptors (Lipinski definition) is 4. The molecule has 1 N–H and O–H groups in total. The first-order valence-electron chi connectivity index (χ1n) is 9.38. The zero-order valence-corrected chi connectivity index (χ0v) is 17.0. The number of rotatable bonds is 5. The second kappa shape index (κ2) is 7.92. The Morgan fingerprint density at radius 1 is 1.17 bits per heavy atom. The summed E-state index contributed by atoms with van der Waals surface area (Å²) >= 11 is 0. The first-order valence-corrected chi connectivity index (χ1v) is 9.38. The standard InChI is InChI=1S/C20H22F3N5O2/c1-11(2)18-17-15(27(4)26-18)9-24-28(19(17)30)10-16(29)25-12(3)13-5-7-14(8-6-13)20(21,22)23/h5-9,11-12H,10H2,1-4H3,(H,25,29). The van der Waals surface area contributed by atoms with E-state index in [9.17, 15) is 22.8 Å². The van der Waals surface area contributed by atoms with Gasteiger partial charge < -0.3 is 5.32 Å². The van der Waals surface area contributed by atoms with Gasteiger partial charge in [-0.15, -0.1) is 0 Å². The summed E-state index contributed by atoms with van der Waals surface area (Å²) in [7, 11) is 1.72. The predicted molar refractivity (Wildman–Crippen MR) is 105 cm³/mol. The minimum absolute atomic E-state index is 0.0192. The van der Waals surface area contributed by atoms with Crippen molar-refractivity contribution < 1.29 is 18.0 Å². The van der Waals surface area contributed by atoms with Crippen molar-refractivity contribution >= 4 is 16.8 Å². The molecule has 3 rings (SSSR count). The normalized spacial score (nSPS) is 13.1. The van der Waals surface area contributed by atoms with Crippen molar-refractivity contribution in [2.24, 2.45) is 7.05 Å². The minimum Gasteiger partial charge on any atom is -0.348 e. The number of hydrogen-bond donors (Lipinski definition) is 1. The molecule has 0 spiro atoms. The number of amides is 1. The molecule has 0 aliphatic heterocycles. The van der Waals surface area contributed by atoms with E-state index in [0.717, 1.165) is 16.8 Å². The molecule has 0 radical (unpaired) electrons. The van der Waals surface area contributed by atoms with Gasteiger partial charge in [-0.3, -0.25) is 14.3 Å². The van der Waals surface area contributed by atoms with Gasteiger partial charge in [0.15, 0.2) is 0 Å². The number of halogens is 3. The Morgan fingerprint density at radius 3 is 2.37 bits per heavy atom. The van der Waals surface area contributed by atoms with Crippen LogP contribution in [0.2, 0.25) is 0 Å². The van der Waals surface area contributed by atoms with E-state index >= 15 is 0 Å². The Hall–Kier alpha value is -3.17. The monoisotopic (exact) mass is 421 g/mol. The maximum absolute atomic E-state index is 12.9. The molecule has 1 atom stereocenters. The Kier molecular flexibility index (Phi) is 5.69. The zero-order valence-electron chi connectivity index (χ0n) is 17.0. The smallest absolute Gasteiger partial charge is 0.348 e. The van der Waals surface area contributed by atoms with E-state index in [-0.39, 0.29) is 12.5 Å². The highest BCUT2D eigenvalue weighted by molar-refractivity contribution is 5.81. The Morgan fingerprint density at radius 2 is 1.80 bits per heavy atom. The molecule has 10 heteroatoms. The van der Waals surface area contributed by atoms with E-state index < -0.39 is 29.2 Å². The third-order valence-corrected chi connectivity index (χ3v) is 4.84.